The van der Waals surface area contributed by atoms with Crippen molar-refractivity contribution in [2.75, 3.05) is 5.75 Å². The number of hydrogen-bond donors (Lipinski definition) is 2. The summed E-state index contributed by atoms with van der Waals surface area (Å²) >= 11 is 7.04. The Labute approximate surface area is 166 Å². The van der Waals surface area contributed by atoms with E-state index in [2.05, 4.69) is 33.1 Å². The van der Waals surface area contributed by atoms with Crippen LogP contribution in [0.2, 0.25) is 5.02 Å². The number of aromatic nitrogens is 4. The van der Waals surface area contributed by atoms with Gasteiger partial charge in [-0.25, -0.2) is 4.79 Å². The van der Waals surface area contributed by atoms with Crippen LogP contribution in [0.15, 0.2) is 29.4 Å². The van der Waals surface area contributed by atoms with Crippen LogP contribution in [0.3, 0.4) is 0 Å². The zero-order chi connectivity index (χ0) is 19.2. The third kappa shape index (κ3) is 5.43. The van der Waals surface area contributed by atoms with Crippen molar-refractivity contribution in [2.24, 2.45) is 5.92 Å². The number of thioether (sulfide) groups is 1. The molecule has 1 fully saturated rings. The second-order valence-corrected chi connectivity index (χ2v) is 7.91. The lowest BCUT2D eigenvalue weighted by molar-refractivity contribution is -0.117. The molecule has 0 saturated heterocycles. The van der Waals surface area contributed by atoms with Gasteiger partial charge in [-0.1, -0.05) is 43.1 Å². The van der Waals surface area contributed by atoms with E-state index in [0.717, 1.165) is 36.7 Å². The number of benzene rings is 1. The van der Waals surface area contributed by atoms with Gasteiger partial charge in [-0.2, -0.15) is 4.68 Å². The number of halogens is 1. The van der Waals surface area contributed by atoms with E-state index >= 15 is 0 Å². The fraction of sp³-hybridized carbons (Fsp3) is 0.471. The summed E-state index contributed by atoms with van der Waals surface area (Å²) in [5.74, 6) is 0.0614. The molecule has 3 amide bonds. The molecular weight excluding hydrogens is 388 g/mol. The summed E-state index contributed by atoms with van der Waals surface area (Å²) < 4.78 is 1.51. The number of nitrogens with zero attached hydrogens (tertiary/aromatic N) is 4. The van der Waals surface area contributed by atoms with Crippen LogP contribution < -0.4 is 10.6 Å². The molecule has 0 spiro atoms. The number of amides is 3. The number of carbonyl (C=O) groups is 2. The van der Waals surface area contributed by atoms with Gasteiger partial charge in [0.2, 0.25) is 11.1 Å². The molecule has 1 aromatic heterocycles. The summed E-state index contributed by atoms with van der Waals surface area (Å²) in [7, 11) is 0. The highest BCUT2D eigenvalue weighted by molar-refractivity contribution is 7.99. The van der Waals surface area contributed by atoms with Crippen LogP contribution in [0.4, 0.5) is 4.79 Å². The van der Waals surface area contributed by atoms with Crippen LogP contribution in [0.5, 0.6) is 0 Å². The fourth-order valence-corrected chi connectivity index (χ4v) is 3.86. The third-order valence-electron chi connectivity index (χ3n) is 4.53. The lowest BCUT2D eigenvalue weighted by Gasteiger charge is -2.29. The van der Waals surface area contributed by atoms with Gasteiger partial charge in [0.1, 0.15) is 0 Å². The molecule has 0 radical (unpaired) electrons. The summed E-state index contributed by atoms with van der Waals surface area (Å²) in [6.07, 6.45) is 4.35. The minimum absolute atomic E-state index is 0.0294. The van der Waals surface area contributed by atoms with E-state index in [4.69, 9.17) is 11.6 Å². The molecule has 27 heavy (non-hydrogen) atoms. The van der Waals surface area contributed by atoms with Gasteiger partial charge < -0.3 is 5.32 Å². The first-order valence-corrected chi connectivity index (χ1v) is 10.2. The molecule has 0 aliphatic heterocycles. The summed E-state index contributed by atoms with van der Waals surface area (Å²) in [5, 5.41) is 17.8. The molecule has 1 aliphatic rings. The van der Waals surface area contributed by atoms with Gasteiger partial charge in [0, 0.05) is 11.1 Å². The predicted molar refractivity (Wildman–Crippen MR) is 103 cm³/mol. The van der Waals surface area contributed by atoms with Gasteiger partial charge in [0.05, 0.1) is 11.4 Å². The molecule has 144 valence electrons. The Morgan fingerprint density at radius 1 is 1.26 bits per heavy atom. The Balaban J connectivity index is 1.50. The number of carbonyl (C=O) groups excluding carboxylic acids is 2. The molecule has 1 aromatic carbocycles. The smallest absolute Gasteiger partial charge is 0.321 e. The van der Waals surface area contributed by atoms with E-state index in [9.17, 15) is 9.59 Å². The first-order chi connectivity index (χ1) is 13.0. The lowest BCUT2D eigenvalue weighted by Crippen LogP contribution is -2.48. The maximum atomic E-state index is 12.1. The molecule has 2 aromatic rings. The van der Waals surface area contributed by atoms with E-state index < -0.39 is 11.9 Å². The summed E-state index contributed by atoms with van der Waals surface area (Å²) in [4.78, 5) is 24.1. The number of tetrazole rings is 1. The molecule has 0 bridgehead atoms. The second kappa shape index (κ2) is 9.18. The van der Waals surface area contributed by atoms with Crippen molar-refractivity contribution in [1.82, 2.24) is 30.8 Å². The van der Waals surface area contributed by atoms with Crippen LogP contribution >= 0.6 is 23.4 Å². The zero-order valence-electron chi connectivity index (χ0n) is 14.9. The Kier molecular flexibility index (Phi) is 6.68. The average molecular weight is 409 g/mol. The van der Waals surface area contributed by atoms with Crippen LogP contribution in [0.1, 0.15) is 32.6 Å². The van der Waals surface area contributed by atoms with Gasteiger partial charge in [-0.15, -0.1) is 5.10 Å². The van der Waals surface area contributed by atoms with Crippen LogP contribution in [-0.4, -0.2) is 43.9 Å². The number of urea groups is 1. The average Bonchev–Trinajstić information content (AvgIpc) is 3.11. The number of hydrogen-bond acceptors (Lipinski definition) is 6. The maximum absolute atomic E-state index is 12.1. The molecule has 10 heteroatoms. The second-order valence-electron chi connectivity index (χ2n) is 6.53. The summed E-state index contributed by atoms with van der Waals surface area (Å²) in [6, 6.07) is 6.70. The van der Waals surface area contributed by atoms with E-state index in [0.29, 0.717) is 16.1 Å². The quantitative estimate of drug-likeness (QED) is 0.737. The van der Waals surface area contributed by atoms with Gasteiger partial charge in [0.15, 0.2) is 0 Å². The van der Waals surface area contributed by atoms with Crippen LogP contribution in [0, 0.1) is 5.92 Å². The molecule has 2 atom stereocenters. The maximum Gasteiger partial charge on any atom is 0.321 e. The molecule has 0 unspecified atom stereocenters. The number of nitrogens with one attached hydrogen (secondary N) is 2. The minimum Gasteiger partial charge on any atom is -0.335 e. The highest BCUT2D eigenvalue weighted by Gasteiger charge is 2.23. The Hall–Kier alpha value is -2.13. The number of rotatable bonds is 5. The van der Waals surface area contributed by atoms with Crippen molar-refractivity contribution >= 4 is 35.3 Å². The van der Waals surface area contributed by atoms with Crippen molar-refractivity contribution in [1.29, 1.82) is 0 Å². The molecule has 2 N–H and O–H groups in total. The standard InChI is InChI=1S/C17H21ClN6O2S/c1-11-4-2-3-5-14(11)19-16(26)20-15(25)10-27-17-21-22-23-24(17)13-8-6-12(18)7-9-13/h6-9,11,14H,2-5,10H2,1H3,(H2,19,20,25,26)/t11-,14+/m0/s1. The van der Waals surface area contributed by atoms with Gasteiger partial charge in [-0.05, 0) is 53.5 Å². The first kappa shape index (κ1) is 19.6. The molecule has 1 saturated carbocycles. The molecule has 3 rings (SSSR count). The fourth-order valence-electron chi connectivity index (χ4n) is 3.04. The van der Waals surface area contributed by atoms with E-state index in [1.54, 1.807) is 24.3 Å². The normalized spacial score (nSPS) is 19.5. The Morgan fingerprint density at radius 3 is 2.74 bits per heavy atom. The van der Waals surface area contributed by atoms with Crippen molar-refractivity contribution in [3.63, 3.8) is 0 Å². The van der Waals surface area contributed by atoms with Crippen molar-refractivity contribution in [2.45, 2.75) is 43.8 Å². The van der Waals surface area contributed by atoms with Crippen molar-refractivity contribution in [3.05, 3.63) is 29.3 Å². The van der Waals surface area contributed by atoms with Gasteiger partial charge in [-0.3, -0.25) is 10.1 Å². The Morgan fingerprint density at radius 2 is 2.00 bits per heavy atom. The van der Waals surface area contributed by atoms with E-state index in [-0.39, 0.29) is 11.8 Å². The minimum atomic E-state index is -0.448. The molecule has 8 nitrogen and oxygen atoms in total. The van der Waals surface area contributed by atoms with Gasteiger partial charge >= 0.3 is 6.03 Å². The van der Waals surface area contributed by atoms with E-state index in [1.165, 1.54) is 11.1 Å². The van der Waals surface area contributed by atoms with Crippen LogP contribution in [0.25, 0.3) is 5.69 Å². The van der Waals surface area contributed by atoms with Crippen molar-refractivity contribution < 1.29 is 9.59 Å². The van der Waals surface area contributed by atoms with Crippen molar-refractivity contribution in [3.8, 4) is 5.69 Å². The summed E-state index contributed by atoms with van der Waals surface area (Å²) in [5.41, 5.74) is 0.733. The zero-order valence-corrected chi connectivity index (χ0v) is 16.5. The number of imide groups is 1. The van der Waals surface area contributed by atoms with Crippen LogP contribution in [-0.2, 0) is 4.79 Å². The first-order valence-electron chi connectivity index (χ1n) is 8.80. The highest BCUT2D eigenvalue weighted by atomic mass is 35.5. The predicted octanol–water partition coefficient (Wildman–Crippen LogP) is 2.81. The SMILES string of the molecule is C[C@H]1CCCC[C@H]1NC(=O)NC(=O)CSc1nnnn1-c1ccc(Cl)cc1. The highest BCUT2D eigenvalue weighted by Crippen LogP contribution is 2.23. The Bertz CT molecular complexity index is 797. The largest absolute Gasteiger partial charge is 0.335 e. The van der Waals surface area contributed by atoms with E-state index in [1.807, 2.05) is 0 Å². The molecule has 1 aliphatic carbocycles. The summed E-state index contributed by atoms with van der Waals surface area (Å²) in [6.45, 7) is 2.12. The van der Waals surface area contributed by atoms with Gasteiger partial charge in [0.25, 0.3) is 0 Å². The molecular formula is C17H21ClN6O2S. The monoisotopic (exact) mass is 408 g/mol. The topological polar surface area (TPSA) is 102 Å². The molecule has 1 heterocycles. The third-order valence-corrected chi connectivity index (χ3v) is 5.70. The lowest BCUT2D eigenvalue weighted by atomic mass is 9.86.